The van der Waals surface area contributed by atoms with E-state index < -0.39 is 0 Å². The van der Waals surface area contributed by atoms with Crippen LogP contribution >= 0.6 is 0 Å². The van der Waals surface area contributed by atoms with Crippen LogP contribution in [0.1, 0.15) is 0 Å². The van der Waals surface area contributed by atoms with Crippen LogP contribution in [0.4, 0.5) is 34.1 Å². The summed E-state index contributed by atoms with van der Waals surface area (Å²) in [5, 5.41) is 0. The van der Waals surface area contributed by atoms with Gasteiger partial charge in [-0.3, -0.25) is 19.9 Å². The Labute approximate surface area is 408 Å². The minimum atomic E-state index is -0.0846. The van der Waals surface area contributed by atoms with Gasteiger partial charge in [0, 0.05) is 83.7 Å². The summed E-state index contributed by atoms with van der Waals surface area (Å²) in [6, 6.07) is 75.5. The lowest BCUT2D eigenvalue weighted by atomic mass is 9.33. The van der Waals surface area contributed by atoms with Gasteiger partial charge in [0.05, 0.1) is 0 Å². The summed E-state index contributed by atoms with van der Waals surface area (Å²) < 4.78 is 0. The Balaban J connectivity index is 1.02. The minimum absolute atomic E-state index is 0.0846. The molecule has 0 atom stereocenters. The van der Waals surface area contributed by atoms with Crippen LogP contribution in [-0.2, 0) is 0 Å². The van der Waals surface area contributed by atoms with Crippen molar-refractivity contribution in [2.75, 3.05) is 9.80 Å². The van der Waals surface area contributed by atoms with Gasteiger partial charge >= 0.3 is 0 Å². The van der Waals surface area contributed by atoms with Crippen molar-refractivity contribution >= 4 is 80.3 Å². The Morgan fingerprint density at radius 1 is 0.243 bits per heavy atom. The van der Waals surface area contributed by atoms with Gasteiger partial charge in [-0.25, -0.2) is 0 Å². The van der Waals surface area contributed by atoms with Crippen molar-refractivity contribution in [2.45, 2.75) is 0 Å². The van der Waals surface area contributed by atoms with Crippen molar-refractivity contribution in [3.8, 4) is 44.5 Å². The molecule has 70 heavy (non-hydrogen) atoms. The molecule has 326 valence electrons. The predicted octanol–water partition coefficient (Wildman–Crippen LogP) is 10.5. The second-order valence-corrected chi connectivity index (χ2v) is 17.9. The fourth-order valence-corrected chi connectivity index (χ4v) is 10.8. The zero-order valence-electron chi connectivity index (χ0n) is 38.1. The smallest absolute Gasteiger partial charge is 0.246 e. The van der Waals surface area contributed by atoms with E-state index >= 15 is 0 Å². The Bertz CT molecular complexity index is 3230. The molecule has 0 radical (unpaired) electrons. The molecule has 0 spiro atoms. The van der Waals surface area contributed by atoms with Gasteiger partial charge < -0.3 is 9.80 Å². The topological polar surface area (TPSA) is 58.0 Å². The van der Waals surface area contributed by atoms with E-state index in [4.69, 9.17) is 0 Å². The van der Waals surface area contributed by atoms with Crippen molar-refractivity contribution < 1.29 is 0 Å². The standard InChI is InChI=1S/C62H42B2N6/c1-3-7-53(8-4-1)69-59-19-11-47(43-23-31-65-32-24-43)39-55(59)63(56-40-48(12-20-60(56)69)44-25-33-66-34-26-44)51-15-17-52(18-16-51)64-57-41-49(45-27-35-67-36-28-45)13-21-61(57)70(54-9-5-2-6-10-54)62-22-14-50(42-58(62)64)46-29-37-68-38-30-46/h1-42H. The van der Waals surface area contributed by atoms with Gasteiger partial charge in [0.1, 0.15) is 0 Å². The molecule has 6 heterocycles. The lowest BCUT2D eigenvalue weighted by Crippen LogP contribution is -2.59. The normalized spacial score (nSPS) is 12.5. The Morgan fingerprint density at radius 2 is 0.500 bits per heavy atom. The summed E-state index contributed by atoms with van der Waals surface area (Å²) in [5.74, 6) is 0. The van der Waals surface area contributed by atoms with Gasteiger partial charge in [-0.15, -0.1) is 0 Å². The zero-order chi connectivity index (χ0) is 46.4. The summed E-state index contributed by atoms with van der Waals surface area (Å²) in [6.07, 6.45) is 15.0. The lowest BCUT2D eigenvalue weighted by Gasteiger charge is -2.38. The molecule has 4 aromatic heterocycles. The Kier molecular flexibility index (Phi) is 10.3. The fraction of sp³-hybridized carbons (Fsp3) is 0. The van der Waals surface area contributed by atoms with Gasteiger partial charge in [-0.05, 0) is 163 Å². The van der Waals surface area contributed by atoms with E-state index in [1.54, 1.807) is 0 Å². The summed E-state index contributed by atoms with van der Waals surface area (Å²) in [4.78, 5) is 22.3. The monoisotopic (exact) mass is 892 g/mol. The molecule has 0 N–H and O–H groups in total. The number of fused-ring (bicyclic) bond motifs is 4. The van der Waals surface area contributed by atoms with Crippen molar-refractivity contribution in [3.05, 3.63) is 256 Å². The molecule has 0 amide bonds. The van der Waals surface area contributed by atoms with Gasteiger partial charge in [-0.2, -0.15) is 0 Å². The van der Waals surface area contributed by atoms with Crippen molar-refractivity contribution in [1.82, 2.24) is 19.9 Å². The molecule has 11 aromatic rings. The number of hydrogen-bond donors (Lipinski definition) is 0. The van der Waals surface area contributed by atoms with Crippen LogP contribution in [0.25, 0.3) is 44.5 Å². The quantitative estimate of drug-likeness (QED) is 0.142. The first-order valence-electron chi connectivity index (χ1n) is 23.7. The van der Waals surface area contributed by atoms with Crippen LogP contribution in [0.3, 0.4) is 0 Å². The van der Waals surface area contributed by atoms with Crippen molar-refractivity contribution in [1.29, 1.82) is 0 Å². The van der Waals surface area contributed by atoms with Crippen molar-refractivity contribution in [2.24, 2.45) is 0 Å². The molecule has 2 aliphatic heterocycles. The second-order valence-electron chi connectivity index (χ2n) is 17.9. The highest BCUT2D eigenvalue weighted by atomic mass is 15.2. The van der Waals surface area contributed by atoms with E-state index in [2.05, 4.69) is 236 Å². The van der Waals surface area contributed by atoms with Crippen molar-refractivity contribution in [3.63, 3.8) is 0 Å². The Hall–Kier alpha value is -9.13. The molecule has 0 saturated carbocycles. The van der Waals surface area contributed by atoms with Gasteiger partial charge in [-0.1, -0.05) is 120 Å². The molecular weight excluding hydrogens is 850 g/mol. The third-order valence-electron chi connectivity index (χ3n) is 14.0. The first-order chi connectivity index (χ1) is 34.7. The first kappa shape index (κ1) is 41.1. The molecule has 0 bridgehead atoms. The van der Waals surface area contributed by atoms with Crippen LogP contribution in [0.5, 0.6) is 0 Å². The maximum atomic E-state index is 4.36. The van der Waals surface area contributed by atoms with E-state index in [0.29, 0.717) is 0 Å². The van der Waals surface area contributed by atoms with E-state index in [9.17, 15) is 0 Å². The number of benzene rings is 7. The number of rotatable bonds is 8. The van der Waals surface area contributed by atoms with E-state index in [1.807, 2.05) is 49.6 Å². The largest absolute Gasteiger partial charge is 0.312 e. The number of pyridine rings is 4. The highest BCUT2D eigenvalue weighted by Gasteiger charge is 2.39. The van der Waals surface area contributed by atoms with E-state index in [1.165, 1.54) is 32.8 Å². The highest BCUT2D eigenvalue weighted by molar-refractivity contribution is 6.99. The van der Waals surface area contributed by atoms with E-state index in [-0.39, 0.29) is 13.4 Å². The molecule has 0 saturated heterocycles. The molecule has 2 aliphatic rings. The van der Waals surface area contributed by atoms with Crippen LogP contribution < -0.4 is 42.6 Å². The zero-order valence-corrected chi connectivity index (χ0v) is 38.1. The number of anilines is 6. The Morgan fingerprint density at radius 3 is 0.757 bits per heavy atom. The summed E-state index contributed by atoms with van der Waals surface area (Å²) in [5.41, 5.74) is 23.4. The molecule has 0 fully saturated rings. The maximum Gasteiger partial charge on any atom is 0.246 e. The molecule has 13 rings (SSSR count). The van der Waals surface area contributed by atoms with Crippen LogP contribution in [0.15, 0.2) is 256 Å². The molecule has 7 aromatic carbocycles. The molecule has 0 aliphatic carbocycles. The summed E-state index contributed by atoms with van der Waals surface area (Å²) in [6.45, 7) is -0.169. The van der Waals surface area contributed by atoms with E-state index in [0.717, 1.165) is 78.6 Å². The molecule has 0 unspecified atom stereocenters. The molecular formula is C62H42B2N6. The molecule has 8 heteroatoms. The van der Waals surface area contributed by atoms with Gasteiger partial charge in [0.15, 0.2) is 0 Å². The molecule has 6 nitrogen and oxygen atoms in total. The van der Waals surface area contributed by atoms with Crippen LogP contribution in [0, 0.1) is 0 Å². The number of nitrogens with zero attached hydrogens (tertiary/aromatic N) is 6. The van der Waals surface area contributed by atoms with Crippen LogP contribution in [0.2, 0.25) is 0 Å². The van der Waals surface area contributed by atoms with Gasteiger partial charge in [0.25, 0.3) is 0 Å². The number of hydrogen-bond acceptors (Lipinski definition) is 6. The minimum Gasteiger partial charge on any atom is -0.312 e. The predicted molar refractivity (Wildman–Crippen MR) is 291 cm³/mol. The lowest BCUT2D eigenvalue weighted by molar-refractivity contribution is 1.29. The first-order valence-corrected chi connectivity index (χ1v) is 23.7. The summed E-state index contributed by atoms with van der Waals surface area (Å²) >= 11 is 0. The number of para-hydroxylation sites is 2. The maximum absolute atomic E-state index is 4.36. The average molecular weight is 893 g/mol. The third-order valence-corrected chi connectivity index (χ3v) is 14.0. The highest BCUT2D eigenvalue weighted by Crippen LogP contribution is 2.40. The fourth-order valence-electron chi connectivity index (χ4n) is 10.8. The SMILES string of the molecule is c1ccc(N2c3ccc(-c4ccncc4)cc3B(c3ccc(B4c5cc(-c6ccncc6)ccc5N(c5ccccc5)c5ccc(-c6ccncc6)cc54)cc3)c3cc(-c4ccncc4)ccc32)cc1. The summed E-state index contributed by atoms with van der Waals surface area (Å²) in [7, 11) is 0. The second kappa shape index (κ2) is 17.5. The average Bonchev–Trinajstić information content (AvgIpc) is 3.44. The number of aromatic nitrogens is 4. The third kappa shape index (κ3) is 7.25. The van der Waals surface area contributed by atoms with Gasteiger partial charge in [0.2, 0.25) is 13.4 Å². The van der Waals surface area contributed by atoms with Crippen LogP contribution in [-0.4, -0.2) is 33.4 Å².